The molecule has 6 nitrogen and oxygen atoms in total. The summed E-state index contributed by atoms with van der Waals surface area (Å²) in [7, 11) is 3.15. The number of aryl methyl sites for hydroxylation is 1. The standard InChI is InChI=1S/C12H18N2O4S/c1-7(6-18-4)5-9(15)14(3)11-10(12(16)17)8(2)13-19-11/h7H,5-6H2,1-4H3,(H,16,17). The number of hydrogen-bond donors (Lipinski definition) is 1. The van der Waals surface area contributed by atoms with Crippen molar-refractivity contribution >= 4 is 28.4 Å². The lowest BCUT2D eigenvalue weighted by Gasteiger charge is -2.18. The van der Waals surface area contributed by atoms with E-state index >= 15 is 0 Å². The van der Waals surface area contributed by atoms with Crippen molar-refractivity contribution in [1.29, 1.82) is 0 Å². The van der Waals surface area contributed by atoms with Crippen LogP contribution in [0.4, 0.5) is 5.00 Å². The van der Waals surface area contributed by atoms with Crippen LogP contribution >= 0.6 is 11.5 Å². The number of carboxylic acid groups (broad SMARTS) is 1. The van der Waals surface area contributed by atoms with Crippen molar-refractivity contribution in [3.8, 4) is 0 Å². The summed E-state index contributed by atoms with van der Waals surface area (Å²) >= 11 is 1.02. The first kappa shape index (κ1) is 15.6. The molecule has 7 heteroatoms. The number of aromatic nitrogens is 1. The van der Waals surface area contributed by atoms with E-state index in [1.807, 2.05) is 6.92 Å². The Hall–Kier alpha value is -1.47. The fourth-order valence-corrected chi connectivity index (χ4v) is 2.59. The van der Waals surface area contributed by atoms with Crippen LogP contribution in [0.15, 0.2) is 0 Å². The van der Waals surface area contributed by atoms with Crippen molar-refractivity contribution in [2.45, 2.75) is 20.3 Å². The van der Waals surface area contributed by atoms with Crippen molar-refractivity contribution in [1.82, 2.24) is 4.37 Å². The van der Waals surface area contributed by atoms with Crippen LogP contribution in [0.1, 0.15) is 29.4 Å². The lowest BCUT2D eigenvalue weighted by Crippen LogP contribution is -2.29. The second kappa shape index (κ2) is 6.63. The van der Waals surface area contributed by atoms with Gasteiger partial charge in [0.1, 0.15) is 10.6 Å². The van der Waals surface area contributed by atoms with Gasteiger partial charge in [-0.25, -0.2) is 4.79 Å². The number of rotatable bonds is 6. The highest BCUT2D eigenvalue weighted by Gasteiger charge is 2.24. The molecule has 0 fully saturated rings. The van der Waals surface area contributed by atoms with E-state index in [2.05, 4.69) is 4.37 Å². The zero-order valence-corrected chi connectivity index (χ0v) is 12.3. The normalized spacial score (nSPS) is 12.2. The van der Waals surface area contributed by atoms with E-state index in [0.717, 1.165) is 11.5 Å². The average Bonchev–Trinajstić information content (AvgIpc) is 2.70. The quantitative estimate of drug-likeness (QED) is 0.862. The van der Waals surface area contributed by atoms with Crippen LogP contribution in [0.2, 0.25) is 0 Å². The van der Waals surface area contributed by atoms with E-state index in [0.29, 0.717) is 23.7 Å². The maximum absolute atomic E-state index is 12.1. The van der Waals surface area contributed by atoms with Crippen LogP contribution in [0, 0.1) is 12.8 Å². The summed E-state index contributed by atoms with van der Waals surface area (Å²) in [6, 6.07) is 0. The molecule has 1 aromatic rings. The smallest absolute Gasteiger partial charge is 0.340 e. The number of carbonyl (C=O) groups excluding carboxylic acids is 1. The molecule has 1 unspecified atom stereocenters. The van der Waals surface area contributed by atoms with Gasteiger partial charge in [0, 0.05) is 27.2 Å². The number of anilines is 1. The van der Waals surface area contributed by atoms with Crippen LogP contribution < -0.4 is 4.90 Å². The van der Waals surface area contributed by atoms with E-state index in [4.69, 9.17) is 9.84 Å². The molecule has 0 aliphatic rings. The summed E-state index contributed by atoms with van der Waals surface area (Å²) in [5.74, 6) is -1.12. The second-order valence-electron chi connectivity index (χ2n) is 4.47. The molecule has 0 aliphatic heterocycles. The molecule has 1 heterocycles. The number of carboxylic acids is 1. The maximum atomic E-state index is 12.1. The van der Waals surface area contributed by atoms with Gasteiger partial charge in [0.25, 0.3) is 0 Å². The van der Waals surface area contributed by atoms with Gasteiger partial charge in [-0.2, -0.15) is 4.37 Å². The molecule has 0 bridgehead atoms. The van der Waals surface area contributed by atoms with Gasteiger partial charge >= 0.3 is 5.97 Å². The zero-order valence-electron chi connectivity index (χ0n) is 11.5. The highest BCUT2D eigenvalue weighted by molar-refractivity contribution is 7.11. The number of methoxy groups -OCH3 is 1. The molecule has 106 valence electrons. The lowest BCUT2D eigenvalue weighted by molar-refractivity contribution is -0.119. The largest absolute Gasteiger partial charge is 0.478 e. The number of carbonyl (C=O) groups is 2. The van der Waals surface area contributed by atoms with E-state index < -0.39 is 5.97 Å². The molecule has 0 aliphatic carbocycles. The predicted molar refractivity (Wildman–Crippen MR) is 72.9 cm³/mol. The van der Waals surface area contributed by atoms with Gasteiger partial charge in [-0.05, 0) is 24.4 Å². The van der Waals surface area contributed by atoms with Gasteiger partial charge in [-0.15, -0.1) is 0 Å². The molecule has 0 aromatic carbocycles. The van der Waals surface area contributed by atoms with Gasteiger partial charge < -0.3 is 14.7 Å². The Kier molecular flexibility index (Phi) is 5.44. The van der Waals surface area contributed by atoms with Crippen LogP contribution in [-0.2, 0) is 9.53 Å². The fraction of sp³-hybridized carbons (Fsp3) is 0.583. The van der Waals surface area contributed by atoms with E-state index in [-0.39, 0.29) is 17.4 Å². The van der Waals surface area contributed by atoms with Crippen molar-refractivity contribution in [3.05, 3.63) is 11.3 Å². The third-order valence-corrected chi connectivity index (χ3v) is 3.73. The molecule has 0 saturated carbocycles. The van der Waals surface area contributed by atoms with Crippen molar-refractivity contribution in [2.75, 3.05) is 25.7 Å². The topological polar surface area (TPSA) is 79.7 Å². The number of aromatic carboxylic acids is 1. The number of nitrogens with zero attached hydrogens (tertiary/aromatic N) is 2. The molecular weight excluding hydrogens is 268 g/mol. The molecule has 19 heavy (non-hydrogen) atoms. The Morgan fingerprint density at radius 1 is 1.53 bits per heavy atom. The molecule has 1 aromatic heterocycles. The maximum Gasteiger partial charge on any atom is 0.340 e. The van der Waals surface area contributed by atoms with Gasteiger partial charge in [-0.3, -0.25) is 4.79 Å². The molecule has 0 radical (unpaired) electrons. The third kappa shape index (κ3) is 3.74. The SMILES string of the molecule is COCC(C)CC(=O)N(C)c1snc(C)c1C(=O)O. The molecule has 1 rings (SSSR count). The second-order valence-corrected chi connectivity index (χ2v) is 5.22. The third-order valence-electron chi connectivity index (χ3n) is 2.71. The summed E-state index contributed by atoms with van der Waals surface area (Å²) in [5.41, 5.74) is 0.525. The minimum atomic E-state index is -1.06. The molecule has 1 atom stereocenters. The Morgan fingerprint density at radius 3 is 2.68 bits per heavy atom. The Bertz CT molecular complexity index is 472. The highest BCUT2D eigenvalue weighted by atomic mass is 32.1. The minimum absolute atomic E-state index is 0.0854. The monoisotopic (exact) mass is 286 g/mol. The van der Waals surface area contributed by atoms with E-state index in [1.165, 1.54) is 4.90 Å². The van der Waals surface area contributed by atoms with Gasteiger partial charge in [0.15, 0.2) is 0 Å². The van der Waals surface area contributed by atoms with Gasteiger partial charge in [0.05, 0.1) is 5.69 Å². The first-order valence-electron chi connectivity index (χ1n) is 5.83. The van der Waals surface area contributed by atoms with E-state index in [1.54, 1.807) is 21.1 Å². The lowest BCUT2D eigenvalue weighted by atomic mass is 10.1. The average molecular weight is 286 g/mol. The van der Waals surface area contributed by atoms with Crippen molar-refractivity contribution in [3.63, 3.8) is 0 Å². The van der Waals surface area contributed by atoms with Crippen LogP contribution in [-0.4, -0.2) is 42.1 Å². The molecule has 0 spiro atoms. The van der Waals surface area contributed by atoms with Crippen LogP contribution in [0.3, 0.4) is 0 Å². The minimum Gasteiger partial charge on any atom is -0.478 e. The number of amides is 1. The highest BCUT2D eigenvalue weighted by Crippen LogP contribution is 2.28. The van der Waals surface area contributed by atoms with Crippen LogP contribution in [0.25, 0.3) is 0 Å². The summed E-state index contributed by atoms with van der Waals surface area (Å²) in [6.45, 7) is 4.02. The summed E-state index contributed by atoms with van der Waals surface area (Å²) in [4.78, 5) is 24.6. The molecule has 1 N–H and O–H groups in total. The van der Waals surface area contributed by atoms with E-state index in [9.17, 15) is 9.59 Å². The summed E-state index contributed by atoms with van der Waals surface area (Å²) in [5, 5.41) is 9.52. The van der Waals surface area contributed by atoms with Crippen molar-refractivity contribution < 1.29 is 19.4 Å². The summed E-state index contributed by atoms with van der Waals surface area (Å²) in [6.07, 6.45) is 0.306. The molecule has 1 amide bonds. The number of hydrogen-bond acceptors (Lipinski definition) is 5. The Morgan fingerprint density at radius 2 is 2.16 bits per heavy atom. The summed E-state index contributed by atoms with van der Waals surface area (Å²) < 4.78 is 8.98. The number of ether oxygens (including phenoxy) is 1. The first-order valence-corrected chi connectivity index (χ1v) is 6.60. The Labute approximate surface area is 116 Å². The predicted octanol–water partition coefficient (Wildman–Crippen LogP) is 1.79. The fourth-order valence-electron chi connectivity index (χ4n) is 1.72. The molecular formula is C12H18N2O4S. The molecule has 0 saturated heterocycles. The van der Waals surface area contributed by atoms with Crippen molar-refractivity contribution in [2.24, 2.45) is 5.92 Å². The van der Waals surface area contributed by atoms with Crippen LogP contribution in [0.5, 0.6) is 0 Å². The zero-order chi connectivity index (χ0) is 14.6. The first-order chi connectivity index (χ1) is 8.88. The van der Waals surface area contributed by atoms with Gasteiger partial charge in [-0.1, -0.05) is 6.92 Å². The Balaban J connectivity index is 2.85. The van der Waals surface area contributed by atoms with Gasteiger partial charge in [0.2, 0.25) is 5.91 Å².